The molecule has 0 radical (unpaired) electrons. The Labute approximate surface area is 234 Å². The van der Waals surface area contributed by atoms with E-state index >= 15 is 0 Å². The Morgan fingerprint density at radius 1 is 0.950 bits per heavy atom. The Kier molecular flexibility index (Phi) is 10.7. The van der Waals surface area contributed by atoms with Crippen LogP contribution in [0.4, 0.5) is 17.6 Å². The normalized spacial score (nSPS) is 16.2. The standard InChI is InChI=1S/C28H29ClF4N4O3/c1-16(6-18-7-20(30)11-21(31)8-18)35-26(39)13-37(25-5-3-4-24(29)28(25)34-15-38)14-27(40)36-17(2)19-9-22(32)12-23(33)10-19/h3,5,7-12,15-17,24H,4,6,13-14H2,1-2H3,(H,34,38)(H,35,39)(H,36,40)/t16-,17?,24?/m1/s1. The maximum Gasteiger partial charge on any atom is 0.240 e. The first-order chi connectivity index (χ1) is 18.9. The maximum atomic E-state index is 13.7. The van der Waals surface area contributed by atoms with Gasteiger partial charge in [-0.2, -0.15) is 0 Å². The van der Waals surface area contributed by atoms with Crippen LogP contribution in [0.5, 0.6) is 0 Å². The van der Waals surface area contributed by atoms with E-state index in [0.29, 0.717) is 29.8 Å². The molecule has 0 spiro atoms. The van der Waals surface area contributed by atoms with Crippen molar-refractivity contribution in [3.8, 4) is 0 Å². The Balaban J connectivity index is 1.77. The summed E-state index contributed by atoms with van der Waals surface area (Å²) in [4.78, 5) is 38.6. The molecule has 0 heterocycles. The van der Waals surface area contributed by atoms with E-state index in [1.54, 1.807) is 26.0 Å². The molecule has 1 aliphatic rings. The van der Waals surface area contributed by atoms with E-state index in [4.69, 9.17) is 11.6 Å². The summed E-state index contributed by atoms with van der Waals surface area (Å²) < 4.78 is 54.4. The van der Waals surface area contributed by atoms with Gasteiger partial charge in [0.15, 0.2) is 0 Å². The van der Waals surface area contributed by atoms with Gasteiger partial charge in [-0.15, -0.1) is 11.6 Å². The highest BCUT2D eigenvalue weighted by Gasteiger charge is 2.26. The van der Waals surface area contributed by atoms with E-state index in [-0.39, 0.29) is 25.1 Å². The van der Waals surface area contributed by atoms with Crippen molar-refractivity contribution in [2.45, 2.75) is 44.1 Å². The van der Waals surface area contributed by atoms with Crippen LogP contribution in [0.15, 0.2) is 59.9 Å². The van der Waals surface area contributed by atoms with Crippen molar-refractivity contribution in [1.82, 2.24) is 20.9 Å². The second-order valence-corrected chi connectivity index (χ2v) is 9.99. The summed E-state index contributed by atoms with van der Waals surface area (Å²) in [5.74, 6) is -4.14. The van der Waals surface area contributed by atoms with Crippen molar-refractivity contribution in [3.63, 3.8) is 0 Å². The molecule has 0 aliphatic heterocycles. The first-order valence-corrected chi connectivity index (χ1v) is 12.9. The number of benzene rings is 2. The molecule has 3 rings (SSSR count). The Morgan fingerprint density at radius 2 is 1.50 bits per heavy atom. The predicted octanol–water partition coefficient (Wildman–Crippen LogP) is 3.99. The number of amides is 3. The van der Waals surface area contributed by atoms with Crippen molar-refractivity contribution in [2.75, 3.05) is 13.1 Å². The van der Waals surface area contributed by atoms with Crippen LogP contribution in [0.3, 0.4) is 0 Å². The van der Waals surface area contributed by atoms with Crippen LogP contribution in [-0.4, -0.2) is 47.6 Å². The van der Waals surface area contributed by atoms with Crippen molar-refractivity contribution >= 4 is 29.8 Å². The number of alkyl halides is 1. The lowest BCUT2D eigenvalue weighted by Crippen LogP contribution is -2.46. The van der Waals surface area contributed by atoms with E-state index in [2.05, 4.69) is 16.0 Å². The average Bonchev–Trinajstić information content (AvgIpc) is 2.83. The van der Waals surface area contributed by atoms with Gasteiger partial charge < -0.3 is 20.9 Å². The molecule has 3 amide bonds. The third-order valence-corrected chi connectivity index (χ3v) is 6.46. The molecule has 0 fully saturated rings. The summed E-state index contributed by atoms with van der Waals surface area (Å²) >= 11 is 6.38. The largest absolute Gasteiger partial charge is 0.352 e. The zero-order chi connectivity index (χ0) is 29.4. The number of carbonyl (C=O) groups is 3. The van der Waals surface area contributed by atoms with E-state index in [0.717, 1.165) is 24.3 Å². The topological polar surface area (TPSA) is 90.5 Å². The fourth-order valence-electron chi connectivity index (χ4n) is 4.39. The summed E-state index contributed by atoms with van der Waals surface area (Å²) in [5.41, 5.74) is 1.18. The van der Waals surface area contributed by atoms with Crippen LogP contribution in [0.2, 0.25) is 0 Å². The van der Waals surface area contributed by atoms with Crippen molar-refractivity contribution < 1.29 is 31.9 Å². The molecule has 2 unspecified atom stereocenters. The average molecular weight is 581 g/mol. The summed E-state index contributed by atoms with van der Waals surface area (Å²) in [6.45, 7) is 2.50. The minimum absolute atomic E-state index is 0.146. The zero-order valence-corrected chi connectivity index (χ0v) is 22.6. The smallest absolute Gasteiger partial charge is 0.240 e. The minimum Gasteiger partial charge on any atom is -0.352 e. The van der Waals surface area contributed by atoms with Gasteiger partial charge in [-0.05, 0) is 68.2 Å². The number of nitrogens with one attached hydrogen (secondary N) is 3. The monoisotopic (exact) mass is 580 g/mol. The lowest BCUT2D eigenvalue weighted by Gasteiger charge is -2.31. The molecular formula is C28H29ClF4N4O3. The molecule has 0 saturated heterocycles. The van der Waals surface area contributed by atoms with Crippen LogP contribution in [-0.2, 0) is 20.8 Å². The lowest BCUT2D eigenvalue weighted by atomic mass is 10.1. The fourth-order valence-corrected chi connectivity index (χ4v) is 4.67. The number of allylic oxidation sites excluding steroid dienone is 3. The molecule has 0 saturated carbocycles. The second-order valence-electron chi connectivity index (χ2n) is 9.47. The van der Waals surface area contributed by atoms with Crippen molar-refractivity contribution in [3.05, 3.63) is 94.3 Å². The maximum absolute atomic E-state index is 13.7. The fraction of sp³-hybridized carbons (Fsp3) is 0.321. The molecule has 0 aromatic heterocycles. The van der Waals surface area contributed by atoms with Crippen LogP contribution in [0, 0.1) is 23.3 Å². The second kappa shape index (κ2) is 14.0. The van der Waals surface area contributed by atoms with E-state index in [9.17, 15) is 31.9 Å². The molecule has 3 N–H and O–H groups in total. The number of hydrogen-bond donors (Lipinski definition) is 3. The van der Waals surface area contributed by atoms with Gasteiger partial charge in [0.05, 0.1) is 35.9 Å². The predicted molar refractivity (Wildman–Crippen MR) is 142 cm³/mol. The number of nitrogens with zero attached hydrogens (tertiary/aromatic N) is 1. The summed E-state index contributed by atoms with van der Waals surface area (Å²) in [5, 5.41) is 7.29. The molecule has 1 aliphatic carbocycles. The van der Waals surface area contributed by atoms with Crippen LogP contribution in [0.1, 0.15) is 37.4 Å². The van der Waals surface area contributed by atoms with Gasteiger partial charge in [0.2, 0.25) is 18.2 Å². The van der Waals surface area contributed by atoms with Gasteiger partial charge in [-0.3, -0.25) is 14.4 Å². The summed E-state index contributed by atoms with van der Waals surface area (Å²) in [6, 6.07) is 4.73. The first kappa shape index (κ1) is 30.7. The third-order valence-electron chi connectivity index (χ3n) is 6.07. The zero-order valence-electron chi connectivity index (χ0n) is 21.8. The van der Waals surface area contributed by atoms with Gasteiger partial charge in [0, 0.05) is 18.2 Å². The Bertz CT molecular complexity index is 1280. The molecule has 12 heteroatoms. The Hall–Kier alpha value is -3.86. The SMILES string of the molecule is CC(NC(=O)CN(CC(=O)N[C@H](C)Cc1cc(F)cc(F)c1)C1=C(NC=O)C(Cl)CC=C1)c1cc(F)cc(F)c1. The third kappa shape index (κ3) is 8.84. The summed E-state index contributed by atoms with van der Waals surface area (Å²) in [6.07, 6.45) is 4.33. The minimum atomic E-state index is -0.792. The highest BCUT2D eigenvalue weighted by atomic mass is 35.5. The number of hydrogen-bond acceptors (Lipinski definition) is 4. The van der Waals surface area contributed by atoms with E-state index in [1.165, 1.54) is 17.0 Å². The number of halogens is 5. The van der Waals surface area contributed by atoms with E-state index in [1.807, 2.05) is 0 Å². The molecule has 214 valence electrons. The van der Waals surface area contributed by atoms with Gasteiger partial charge in [0.1, 0.15) is 23.3 Å². The lowest BCUT2D eigenvalue weighted by molar-refractivity contribution is -0.125. The highest BCUT2D eigenvalue weighted by molar-refractivity contribution is 6.22. The Morgan fingerprint density at radius 3 is 2.08 bits per heavy atom. The van der Waals surface area contributed by atoms with E-state index < -0.39 is 52.5 Å². The van der Waals surface area contributed by atoms with Gasteiger partial charge in [-0.25, -0.2) is 17.6 Å². The first-order valence-electron chi connectivity index (χ1n) is 12.4. The number of rotatable bonds is 12. The molecule has 7 nitrogen and oxygen atoms in total. The molecule has 2 aromatic rings. The van der Waals surface area contributed by atoms with Crippen LogP contribution in [0.25, 0.3) is 0 Å². The molecule has 0 bridgehead atoms. The molecule has 2 aromatic carbocycles. The van der Waals surface area contributed by atoms with Crippen molar-refractivity contribution in [2.24, 2.45) is 0 Å². The summed E-state index contributed by atoms with van der Waals surface area (Å²) in [7, 11) is 0. The molecule has 3 atom stereocenters. The number of carbonyl (C=O) groups excluding carboxylic acids is 3. The molecular weight excluding hydrogens is 552 g/mol. The quantitative estimate of drug-likeness (QED) is 0.201. The van der Waals surface area contributed by atoms with Gasteiger partial charge in [0.25, 0.3) is 0 Å². The molecule has 40 heavy (non-hydrogen) atoms. The highest BCUT2D eigenvalue weighted by Crippen LogP contribution is 2.25. The van der Waals surface area contributed by atoms with Crippen LogP contribution >= 0.6 is 11.6 Å². The van der Waals surface area contributed by atoms with Crippen LogP contribution < -0.4 is 16.0 Å². The van der Waals surface area contributed by atoms with Gasteiger partial charge in [-0.1, -0.05) is 6.08 Å². The van der Waals surface area contributed by atoms with Crippen molar-refractivity contribution in [1.29, 1.82) is 0 Å². The van der Waals surface area contributed by atoms with Gasteiger partial charge >= 0.3 is 0 Å².